The maximum atomic E-state index is 13.7. The average molecular weight is 281 g/mol. The molecule has 0 saturated carbocycles. The van der Waals surface area contributed by atoms with Gasteiger partial charge in [0.1, 0.15) is 11.4 Å². The molecule has 1 aromatic rings. The van der Waals surface area contributed by atoms with Crippen molar-refractivity contribution in [3.63, 3.8) is 0 Å². The Morgan fingerprint density at radius 3 is 2.60 bits per heavy atom. The monoisotopic (exact) mass is 281 g/mol. The van der Waals surface area contributed by atoms with Gasteiger partial charge in [-0.3, -0.25) is 0 Å². The van der Waals surface area contributed by atoms with E-state index in [1.807, 2.05) is 0 Å². The second kappa shape index (κ2) is 7.88. The molecule has 0 aliphatic heterocycles. The Labute approximate surface area is 120 Å². The number of esters is 1. The number of benzene rings is 1. The number of para-hydroxylation sites is 1. The van der Waals surface area contributed by atoms with Crippen molar-refractivity contribution in [1.82, 2.24) is 0 Å². The number of carbonyl (C=O) groups is 1. The largest absolute Gasteiger partial charge is 0.464 e. The highest BCUT2D eigenvalue weighted by molar-refractivity contribution is 5.84. The smallest absolute Gasteiger partial charge is 0.331 e. The lowest BCUT2D eigenvalue weighted by Crippen LogP contribution is -2.45. The van der Waals surface area contributed by atoms with Crippen molar-refractivity contribution in [2.24, 2.45) is 0 Å². The standard InChI is InChI=1S/C16H24FNO2/c1-4-6-9-12-16(3,15(19)20-5-2)18-14-11-8-7-10-13(14)17/h7-8,10-11,18H,4-6,9,12H2,1-3H3. The number of nitrogens with one attached hydrogen (secondary N) is 1. The average Bonchev–Trinajstić information content (AvgIpc) is 2.42. The molecule has 1 N–H and O–H groups in total. The summed E-state index contributed by atoms with van der Waals surface area (Å²) in [5.74, 6) is -0.696. The number of carbonyl (C=O) groups excluding carboxylic acids is 1. The fraction of sp³-hybridized carbons (Fsp3) is 0.562. The molecule has 0 aliphatic rings. The lowest BCUT2D eigenvalue weighted by Gasteiger charge is -2.29. The summed E-state index contributed by atoms with van der Waals surface area (Å²) in [6, 6.07) is 6.37. The van der Waals surface area contributed by atoms with E-state index in [2.05, 4.69) is 12.2 Å². The molecule has 0 radical (unpaired) electrons. The maximum Gasteiger partial charge on any atom is 0.331 e. The minimum absolute atomic E-state index is 0.321. The summed E-state index contributed by atoms with van der Waals surface area (Å²) in [7, 11) is 0. The van der Waals surface area contributed by atoms with Gasteiger partial charge < -0.3 is 10.1 Å². The summed E-state index contributed by atoms with van der Waals surface area (Å²) >= 11 is 0. The number of rotatable bonds is 8. The number of hydrogen-bond acceptors (Lipinski definition) is 3. The van der Waals surface area contributed by atoms with E-state index in [1.165, 1.54) is 6.07 Å². The normalized spacial score (nSPS) is 13.6. The third-order valence-electron chi connectivity index (χ3n) is 3.29. The zero-order valence-corrected chi connectivity index (χ0v) is 12.5. The molecule has 0 aromatic heterocycles. The Bertz CT molecular complexity index is 436. The van der Waals surface area contributed by atoms with Crippen LogP contribution in [0, 0.1) is 5.82 Å². The molecule has 0 fully saturated rings. The van der Waals surface area contributed by atoms with Gasteiger partial charge in [0.2, 0.25) is 0 Å². The Balaban J connectivity index is 2.86. The predicted molar refractivity (Wildman–Crippen MR) is 79.2 cm³/mol. The molecule has 112 valence electrons. The van der Waals surface area contributed by atoms with Crippen LogP contribution in [0.1, 0.15) is 46.5 Å². The molecule has 0 amide bonds. The SMILES string of the molecule is CCCCCC(C)(Nc1ccccc1F)C(=O)OCC. The van der Waals surface area contributed by atoms with Crippen LogP contribution >= 0.6 is 0 Å². The molecule has 1 aromatic carbocycles. The Morgan fingerprint density at radius 2 is 2.00 bits per heavy atom. The van der Waals surface area contributed by atoms with E-state index in [4.69, 9.17) is 4.74 Å². The molecule has 3 nitrogen and oxygen atoms in total. The molecule has 0 heterocycles. The van der Waals surface area contributed by atoms with E-state index in [-0.39, 0.29) is 11.8 Å². The summed E-state index contributed by atoms with van der Waals surface area (Å²) in [4.78, 5) is 12.2. The highest BCUT2D eigenvalue weighted by Gasteiger charge is 2.34. The molecule has 1 unspecified atom stereocenters. The van der Waals surface area contributed by atoms with Gasteiger partial charge in [0.25, 0.3) is 0 Å². The third-order valence-corrected chi connectivity index (χ3v) is 3.29. The van der Waals surface area contributed by atoms with Gasteiger partial charge in [-0.05, 0) is 32.4 Å². The Hall–Kier alpha value is -1.58. The first-order valence-electron chi connectivity index (χ1n) is 7.23. The van der Waals surface area contributed by atoms with Crippen LogP contribution in [-0.4, -0.2) is 18.1 Å². The molecular weight excluding hydrogens is 257 g/mol. The quantitative estimate of drug-likeness (QED) is 0.575. The predicted octanol–water partition coefficient (Wildman–Crippen LogP) is 4.14. The van der Waals surface area contributed by atoms with Gasteiger partial charge in [-0.15, -0.1) is 0 Å². The van der Waals surface area contributed by atoms with Crippen LogP contribution in [-0.2, 0) is 9.53 Å². The summed E-state index contributed by atoms with van der Waals surface area (Å²) in [5.41, 5.74) is -0.563. The van der Waals surface area contributed by atoms with Gasteiger partial charge in [0.05, 0.1) is 12.3 Å². The van der Waals surface area contributed by atoms with E-state index in [1.54, 1.807) is 32.0 Å². The zero-order valence-electron chi connectivity index (χ0n) is 12.5. The summed E-state index contributed by atoms with van der Waals surface area (Å²) < 4.78 is 18.9. The van der Waals surface area contributed by atoms with Crippen LogP contribution in [0.25, 0.3) is 0 Å². The molecule has 4 heteroatoms. The second-order valence-electron chi connectivity index (χ2n) is 5.11. The first-order chi connectivity index (χ1) is 9.53. The minimum atomic E-state index is -0.895. The molecule has 1 atom stereocenters. The van der Waals surface area contributed by atoms with Gasteiger partial charge in [-0.25, -0.2) is 9.18 Å². The Morgan fingerprint density at radius 1 is 1.30 bits per heavy atom. The van der Waals surface area contributed by atoms with Crippen molar-refractivity contribution in [3.8, 4) is 0 Å². The molecule has 1 rings (SSSR count). The van der Waals surface area contributed by atoms with E-state index < -0.39 is 5.54 Å². The zero-order chi connectivity index (χ0) is 15.0. The lowest BCUT2D eigenvalue weighted by molar-refractivity contribution is -0.148. The van der Waals surface area contributed by atoms with Crippen LogP contribution in [0.2, 0.25) is 0 Å². The van der Waals surface area contributed by atoms with Crippen molar-refractivity contribution < 1.29 is 13.9 Å². The van der Waals surface area contributed by atoms with Crippen LogP contribution in [0.5, 0.6) is 0 Å². The van der Waals surface area contributed by atoms with E-state index in [9.17, 15) is 9.18 Å². The van der Waals surface area contributed by atoms with Crippen LogP contribution < -0.4 is 5.32 Å². The first-order valence-corrected chi connectivity index (χ1v) is 7.23. The topological polar surface area (TPSA) is 38.3 Å². The van der Waals surface area contributed by atoms with Crippen molar-refractivity contribution in [2.45, 2.75) is 52.0 Å². The molecule has 0 aliphatic carbocycles. The summed E-state index contributed by atoms with van der Waals surface area (Å²) in [5, 5.41) is 3.02. The molecular formula is C16H24FNO2. The van der Waals surface area contributed by atoms with Gasteiger partial charge in [-0.1, -0.05) is 38.3 Å². The highest BCUT2D eigenvalue weighted by Crippen LogP contribution is 2.24. The van der Waals surface area contributed by atoms with Gasteiger partial charge >= 0.3 is 5.97 Å². The number of hydrogen-bond donors (Lipinski definition) is 1. The number of unbranched alkanes of at least 4 members (excludes halogenated alkanes) is 2. The molecule has 0 saturated heterocycles. The third kappa shape index (κ3) is 4.51. The number of halogens is 1. The maximum absolute atomic E-state index is 13.7. The number of anilines is 1. The van der Waals surface area contributed by atoms with Crippen LogP contribution in [0.15, 0.2) is 24.3 Å². The van der Waals surface area contributed by atoms with Crippen molar-refractivity contribution in [3.05, 3.63) is 30.1 Å². The fourth-order valence-electron chi connectivity index (χ4n) is 2.09. The van der Waals surface area contributed by atoms with Gasteiger partial charge in [-0.2, -0.15) is 0 Å². The van der Waals surface area contributed by atoms with Crippen molar-refractivity contribution in [1.29, 1.82) is 0 Å². The van der Waals surface area contributed by atoms with Crippen LogP contribution in [0.4, 0.5) is 10.1 Å². The summed E-state index contributed by atoms with van der Waals surface area (Å²) in [6.45, 7) is 5.97. The molecule has 0 spiro atoms. The number of ether oxygens (including phenoxy) is 1. The van der Waals surface area contributed by atoms with E-state index >= 15 is 0 Å². The van der Waals surface area contributed by atoms with Crippen LogP contribution in [0.3, 0.4) is 0 Å². The van der Waals surface area contributed by atoms with E-state index in [0.717, 1.165) is 19.3 Å². The Kier molecular flexibility index (Phi) is 6.49. The van der Waals surface area contributed by atoms with Gasteiger partial charge in [0, 0.05) is 0 Å². The minimum Gasteiger partial charge on any atom is -0.464 e. The highest BCUT2D eigenvalue weighted by atomic mass is 19.1. The van der Waals surface area contributed by atoms with Gasteiger partial charge in [0.15, 0.2) is 0 Å². The fourth-order valence-corrected chi connectivity index (χ4v) is 2.09. The second-order valence-corrected chi connectivity index (χ2v) is 5.11. The van der Waals surface area contributed by atoms with E-state index in [0.29, 0.717) is 18.7 Å². The molecule has 20 heavy (non-hydrogen) atoms. The van der Waals surface area contributed by atoms with Crippen molar-refractivity contribution >= 4 is 11.7 Å². The van der Waals surface area contributed by atoms with Crippen molar-refractivity contribution in [2.75, 3.05) is 11.9 Å². The first kappa shape index (κ1) is 16.5. The summed E-state index contributed by atoms with van der Waals surface area (Å²) in [6.07, 6.45) is 3.62. The molecule has 0 bridgehead atoms. The lowest BCUT2D eigenvalue weighted by atomic mass is 9.93.